The maximum absolute atomic E-state index is 11.0. The summed E-state index contributed by atoms with van der Waals surface area (Å²) in [6.45, 7) is 5.54. The number of nitrogens with one attached hydrogen (secondary N) is 2. The van der Waals surface area contributed by atoms with Crippen molar-refractivity contribution < 1.29 is 9.21 Å². The van der Waals surface area contributed by atoms with E-state index in [1.807, 2.05) is 24.3 Å². The van der Waals surface area contributed by atoms with Crippen molar-refractivity contribution in [2.24, 2.45) is 0 Å². The average molecular weight is 339 g/mol. The highest BCUT2D eigenvalue weighted by molar-refractivity contribution is 7.80. The molecule has 0 saturated heterocycles. The van der Waals surface area contributed by atoms with E-state index in [1.54, 1.807) is 0 Å². The number of anilines is 1. The normalized spacial score (nSPS) is 10.6. The Balaban J connectivity index is 1.90. The van der Waals surface area contributed by atoms with Crippen LogP contribution in [0.2, 0.25) is 0 Å². The fraction of sp³-hybridized carbons (Fsp3) is 0.167. The SMILES string of the molecule is CC(=O)NC(=S)Nc1ccc2oc(-c3ccc(C)c(C)c3)nc2c1. The van der Waals surface area contributed by atoms with E-state index in [4.69, 9.17) is 16.6 Å². The second-order valence-corrected chi connectivity index (χ2v) is 6.04. The molecule has 5 nitrogen and oxygen atoms in total. The first kappa shape index (κ1) is 16.1. The molecule has 0 saturated carbocycles. The van der Waals surface area contributed by atoms with Crippen LogP contribution in [0, 0.1) is 13.8 Å². The number of fused-ring (bicyclic) bond motifs is 1. The molecular formula is C18H17N3O2S. The molecule has 0 bridgehead atoms. The monoisotopic (exact) mass is 339 g/mol. The number of carbonyl (C=O) groups excluding carboxylic acids is 1. The zero-order valence-electron chi connectivity index (χ0n) is 13.6. The second-order valence-electron chi connectivity index (χ2n) is 5.64. The van der Waals surface area contributed by atoms with Gasteiger partial charge in [0.25, 0.3) is 0 Å². The summed E-state index contributed by atoms with van der Waals surface area (Å²) in [6.07, 6.45) is 0. The summed E-state index contributed by atoms with van der Waals surface area (Å²) in [5, 5.41) is 5.72. The minimum Gasteiger partial charge on any atom is -0.436 e. The van der Waals surface area contributed by atoms with Gasteiger partial charge in [-0.05, 0) is 67.5 Å². The Hall–Kier alpha value is -2.73. The topological polar surface area (TPSA) is 67.2 Å². The highest BCUT2D eigenvalue weighted by Gasteiger charge is 2.10. The lowest BCUT2D eigenvalue weighted by atomic mass is 10.1. The van der Waals surface area contributed by atoms with Crippen LogP contribution >= 0.6 is 12.2 Å². The quantitative estimate of drug-likeness (QED) is 0.692. The fourth-order valence-corrected chi connectivity index (χ4v) is 2.59. The minimum absolute atomic E-state index is 0.216. The van der Waals surface area contributed by atoms with E-state index < -0.39 is 0 Å². The number of rotatable bonds is 2. The van der Waals surface area contributed by atoms with Crippen molar-refractivity contribution >= 4 is 40.0 Å². The minimum atomic E-state index is -0.216. The van der Waals surface area contributed by atoms with E-state index in [0.717, 1.165) is 16.8 Å². The third-order valence-electron chi connectivity index (χ3n) is 3.69. The van der Waals surface area contributed by atoms with E-state index in [1.165, 1.54) is 18.1 Å². The van der Waals surface area contributed by atoms with E-state index >= 15 is 0 Å². The summed E-state index contributed by atoms with van der Waals surface area (Å²) in [4.78, 5) is 15.5. The summed E-state index contributed by atoms with van der Waals surface area (Å²) in [7, 11) is 0. The molecule has 2 N–H and O–H groups in total. The number of hydrogen-bond donors (Lipinski definition) is 2. The predicted octanol–water partition coefficient (Wildman–Crippen LogP) is 3.94. The predicted molar refractivity (Wildman–Crippen MR) is 99.0 cm³/mol. The fourth-order valence-electron chi connectivity index (χ4n) is 2.33. The lowest BCUT2D eigenvalue weighted by Gasteiger charge is -2.07. The molecule has 24 heavy (non-hydrogen) atoms. The van der Waals surface area contributed by atoms with Gasteiger partial charge in [0.05, 0.1) is 0 Å². The van der Waals surface area contributed by atoms with Crippen LogP contribution < -0.4 is 10.6 Å². The number of thiocarbonyl (C=S) groups is 1. The van der Waals surface area contributed by atoms with Crippen molar-refractivity contribution in [2.75, 3.05) is 5.32 Å². The van der Waals surface area contributed by atoms with Crippen LogP contribution in [0.15, 0.2) is 40.8 Å². The largest absolute Gasteiger partial charge is 0.436 e. The van der Waals surface area contributed by atoms with Crippen LogP contribution in [0.4, 0.5) is 5.69 Å². The standard InChI is InChI=1S/C18H17N3O2S/c1-10-4-5-13(8-11(10)2)17-21-15-9-14(6-7-16(15)23-17)20-18(24)19-12(3)22/h4-9H,1-3H3,(H2,19,20,22,24). The molecule has 0 fully saturated rings. The number of oxazole rings is 1. The van der Waals surface area contributed by atoms with Crippen molar-refractivity contribution in [1.29, 1.82) is 0 Å². The number of aromatic nitrogens is 1. The number of carbonyl (C=O) groups is 1. The van der Waals surface area contributed by atoms with Crippen molar-refractivity contribution in [3.63, 3.8) is 0 Å². The van der Waals surface area contributed by atoms with Gasteiger partial charge < -0.3 is 15.1 Å². The van der Waals surface area contributed by atoms with Gasteiger partial charge in [0.2, 0.25) is 11.8 Å². The highest BCUT2D eigenvalue weighted by atomic mass is 32.1. The number of aryl methyl sites for hydroxylation is 2. The van der Waals surface area contributed by atoms with Crippen molar-refractivity contribution in [1.82, 2.24) is 10.3 Å². The lowest BCUT2D eigenvalue weighted by molar-refractivity contribution is -0.117. The van der Waals surface area contributed by atoms with E-state index in [9.17, 15) is 4.79 Å². The Labute approximate surface area is 145 Å². The van der Waals surface area contributed by atoms with E-state index in [-0.39, 0.29) is 11.0 Å². The van der Waals surface area contributed by atoms with Gasteiger partial charge in [-0.2, -0.15) is 0 Å². The Morgan fingerprint density at radius 2 is 1.92 bits per heavy atom. The van der Waals surface area contributed by atoms with Crippen LogP contribution in [-0.2, 0) is 4.79 Å². The third kappa shape index (κ3) is 3.44. The van der Waals surface area contributed by atoms with E-state index in [2.05, 4.69) is 41.6 Å². The van der Waals surface area contributed by atoms with Gasteiger partial charge in [0.1, 0.15) is 5.52 Å². The molecule has 0 aliphatic rings. The number of hydrogen-bond acceptors (Lipinski definition) is 4. The van der Waals surface area contributed by atoms with Gasteiger partial charge >= 0.3 is 0 Å². The van der Waals surface area contributed by atoms with E-state index in [0.29, 0.717) is 11.5 Å². The summed E-state index contributed by atoms with van der Waals surface area (Å²) in [5.74, 6) is 0.363. The Morgan fingerprint density at radius 1 is 1.12 bits per heavy atom. The molecule has 0 aliphatic carbocycles. The van der Waals surface area contributed by atoms with Gasteiger partial charge in [-0.3, -0.25) is 4.79 Å². The first-order valence-corrected chi connectivity index (χ1v) is 7.90. The van der Waals surface area contributed by atoms with Gasteiger partial charge in [0, 0.05) is 18.2 Å². The second kappa shape index (κ2) is 6.41. The Morgan fingerprint density at radius 3 is 2.62 bits per heavy atom. The molecule has 1 aromatic heterocycles. The van der Waals surface area contributed by atoms with Gasteiger partial charge in [-0.15, -0.1) is 0 Å². The Bertz CT molecular complexity index is 947. The molecule has 0 atom stereocenters. The number of nitrogens with zero attached hydrogens (tertiary/aromatic N) is 1. The molecule has 1 heterocycles. The zero-order valence-corrected chi connectivity index (χ0v) is 14.5. The van der Waals surface area contributed by atoms with Crippen molar-refractivity contribution in [3.8, 4) is 11.5 Å². The van der Waals surface area contributed by atoms with Crippen LogP contribution in [0.3, 0.4) is 0 Å². The van der Waals surface area contributed by atoms with Crippen LogP contribution in [0.25, 0.3) is 22.6 Å². The summed E-state index contributed by atoms with van der Waals surface area (Å²) >= 11 is 5.06. The Kier molecular flexibility index (Phi) is 4.31. The van der Waals surface area contributed by atoms with Crippen LogP contribution in [0.1, 0.15) is 18.1 Å². The molecule has 0 aliphatic heterocycles. The molecule has 0 radical (unpaired) electrons. The summed E-state index contributed by atoms with van der Waals surface area (Å²) in [6, 6.07) is 11.6. The average Bonchev–Trinajstić information content (AvgIpc) is 2.92. The van der Waals surface area contributed by atoms with Gasteiger partial charge in [-0.25, -0.2) is 4.98 Å². The molecule has 1 amide bonds. The van der Waals surface area contributed by atoms with Crippen LogP contribution in [0.5, 0.6) is 0 Å². The molecule has 6 heteroatoms. The van der Waals surface area contributed by atoms with Gasteiger partial charge in [-0.1, -0.05) is 6.07 Å². The van der Waals surface area contributed by atoms with Crippen molar-refractivity contribution in [2.45, 2.75) is 20.8 Å². The molecular weight excluding hydrogens is 322 g/mol. The third-order valence-corrected chi connectivity index (χ3v) is 3.89. The summed E-state index contributed by atoms with van der Waals surface area (Å²) < 4.78 is 5.83. The maximum atomic E-state index is 11.0. The highest BCUT2D eigenvalue weighted by Crippen LogP contribution is 2.27. The zero-order chi connectivity index (χ0) is 17.3. The maximum Gasteiger partial charge on any atom is 0.227 e. The number of benzene rings is 2. The molecule has 2 aromatic carbocycles. The molecule has 122 valence electrons. The molecule has 3 rings (SSSR count). The smallest absolute Gasteiger partial charge is 0.227 e. The van der Waals surface area contributed by atoms with Crippen LogP contribution in [-0.4, -0.2) is 16.0 Å². The first-order chi connectivity index (χ1) is 11.4. The molecule has 0 unspecified atom stereocenters. The van der Waals surface area contributed by atoms with Gasteiger partial charge in [0.15, 0.2) is 10.7 Å². The lowest BCUT2D eigenvalue weighted by Crippen LogP contribution is -2.32. The molecule has 0 spiro atoms. The number of amides is 1. The van der Waals surface area contributed by atoms with Crippen molar-refractivity contribution in [3.05, 3.63) is 47.5 Å². The first-order valence-electron chi connectivity index (χ1n) is 7.49. The molecule has 3 aromatic rings. The summed E-state index contributed by atoms with van der Waals surface area (Å²) in [5.41, 5.74) is 5.52.